The minimum Gasteiger partial charge on any atom is -0.410 e. The van der Waals surface area contributed by atoms with Gasteiger partial charge in [0.15, 0.2) is 5.82 Å². The highest BCUT2D eigenvalue weighted by atomic mass is 19.1. The molecular weight excluding hydrogens is 420 g/mol. The van der Waals surface area contributed by atoms with E-state index in [9.17, 15) is 13.6 Å². The van der Waals surface area contributed by atoms with Crippen LogP contribution >= 0.6 is 0 Å². The van der Waals surface area contributed by atoms with Gasteiger partial charge >= 0.3 is 6.09 Å². The summed E-state index contributed by atoms with van der Waals surface area (Å²) < 4.78 is 34.6. The van der Waals surface area contributed by atoms with Crippen molar-refractivity contribution in [3.63, 3.8) is 0 Å². The van der Waals surface area contributed by atoms with Gasteiger partial charge in [0.05, 0.1) is 23.6 Å². The van der Waals surface area contributed by atoms with E-state index in [1.54, 1.807) is 19.9 Å². The molecule has 2 aromatic heterocycles. The van der Waals surface area contributed by atoms with Gasteiger partial charge in [-0.05, 0) is 54.1 Å². The van der Waals surface area contributed by atoms with Gasteiger partial charge in [-0.2, -0.15) is 4.68 Å². The quantitative estimate of drug-likeness (QED) is 0.509. The number of nitrogens with one attached hydrogen (secondary N) is 1. The highest BCUT2D eigenvalue weighted by molar-refractivity contribution is 5.74. The molecule has 0 aliphatic rings. The summed E-state index contributed by atoms with van der Waals surface area (Å²) in [5.74, 6) is -0.886. The first-order valence-corrected chi connectivity index (χ1v) is 9.51. The Kier molecular flexibility index (Phi) is 5.79. The molecule has 11 heteroatoms. The van der Waals surface area contributed by atoms with Gasteiger partial charge < -0.3 is 10.1 Å². The molecule has 4 aromatic rings. The number of carbonyl (C=O) groups is 1. The lowest BCUT2D eigenvalue weighted by molar-refractivity contribution is 0.196. The van der Waals surface area contributed by atoms with E-state index < -0.39 is 23.8 Å². The lowest BCUT2D eigenvalue weighted by Crippen LogP contribution is -2.30. The highest BCUT2D eigenvalue weighted by Crippen LogP contribution is 2.30. The summed E-state index contributed by atoms with van der Waals surface area (Å²) in [6.45, 7) is 3.41. The number of rotatable bonds is 5. The Morgan fingerprint density at radius 1 is 1.16 bits per heavy atom. The fourth-order valence-electron chi connectivity index (χ4n) is 3.04. The molecule has 1 atom stereocenters. The van der Waals surface area contributed by atoms with Crippen molar-refractivity contribution in [2.45, 2.75) is 19.9 Å². The fraction of sp³-hybridized carbons (Fsp3) is 0.143. The fourth-order valence-corrected chi connectivity index (χ4v) is 3.04. The number of hydrogen-bond acceptors (Lipinski definition) is 7. The second-order valence-corrected chi connectivity index (χ2v) is 6.86. The van der Waals surface area contributed by atoms with E-state index >= 15 is 0 Å². The van der Waals surface area contributed by atoms with Gasteiger partial charge in [-0.1, -0.05) is 0 Å². The standard InChI is InChI=1S/C21H17F2N7O2/c1-12(20-11-24-5-6-25-20)26-21(31)32-17-8-14(18-4-3-15(22)9-19(18)23)7-16(10-17)30-13(2)27-28-29-30/h3-12H,1-2H3,(H,26,31). The molecule has 2 heterocycles. The van der Waals surface area contributed by atoms with Crippen LogP contribution in [0.4, 0.5) is 13.6 Å². The van der Waals surface area contributed by atoms with Crippen LogP contribution in [-0.4, -0.2) is 36.3 Å². The zero-order chi connectivity index (χ0) is 22.7. The molecule has 0 spiro atoms. The van der Waals surface area contributed by atoms with Crippen molar-refractivity contribution in [1.29, 1.82) is 0 Å². The normalized spacial score (nSPS) is 11.8. The van der Waals surface area contributed by atoms with Gasteiger partial charge in [0.25, 0.3) is 0 Å². The predicted octanol–water partition coefficient (Wildman–Crippen LogP) is 3.56. The van der Waals surface area contributed by atoms with E-state index in [-0.39, 0.29) is 11.3 Å². The monoisotopic (exact) mass is 437 g/mol. The van der Waals surface area contributed by atoms with Crippen LogP contribution in [0, 0.1) is 18.6 Å². The van der Waals surface area contributed by atoms with Crippen LogP contribution in [0.3, 0.4) is 0 Å². The van der Waals surface area contributed by atoms with Crippen LogP contribution in [-0.2, 0) is 0 Å². The molecule has 0 saturated heterocycles. The van der Waals surface area contributed by atoms with Crippen LogP contribution in [0.25, 0.3) is 16.8 Å². The van der Waals surface area contributed by atoms with Crippen molar-refractivity contribution >= 4 is 6.09 Å². The third-order valence-electron chi connectivity index (χ3n) is 4.58. The molecule has 2 aromatic carbocycles. The number of ether oxygens (including phenoxy) is 1. The molecule has 4 rings (SSSR count). The molecule has 1 unspecified atom stereocenters. The number of amides is 1. The van der Waals surface area contributed by atoms with Gasteiger partial charge in [0, 0.05) is 30.1 Å². The van der Waals surface area contributed by atoms with Crippen molar-refractivity contribution < 1.29 is 18.3 Å². The maximum atomic E-state index is 14.4. The smallest absolute Gasteiger partial charge is 0.410 e. The largest absolute Gasteiger partial charge is 0.413 e. The Labute approximate surface area is 181 Å². The zero-order valence-corrected chi connectivity index (χ0v) is 17.0. The number of aromatic nitrogens is 6. The number of carbonyl (C=O) groups excluding carboxylic acids is 1. The third kappa shape index (κ3) is 4.56. The first kappa shape index (κ1) is 21.0. The average molecular weight is 437 g/mol. The lowest BCUT2D eigenvalue weighted by atomic mass is 10.0. The van der Waals surface area contributed by atoms with Crippen LogP contribution < -0.4 is 10.1 Å². The Morgan fingerprint density at radius 3 is 2.69 bits per heavy atom. The van der Waals surface area contributed by atoms with Crippen molar-refractivity contribution in [3.8, 4) is 22.6 Å². The topological polar surface area (TPSA) is 108 Å². The molecule has 0 saturated carbocycles. The molecule has 0 bridgehead atoms. The number of benzene rings is 2. The average Bonchev–Trinajstić information content (AvgIpc) is 3.20. The number of nitrogens with zero attached hydrogens (tertiary/aromatic N) is 6. The molecule has 0 fully saturated rings. The number of aryl methyl sites for hydroxylation is 1. The summed E-state index contributed by atoms with van der Waals surface area (Å²) in [7, 11) is 0. The van der Waals surface area contributed by atoms with Crippen LogP contribution in [0.15, 0.2) is 55.0 Å². The minimum absolute atomic E-state index is 0.111. The van der Waals surface area contributed by atoms with Crippen LogP contribution in [0.1, 0.15) is 24.5 Å². The molecular formula is C21H17F2N7O2. The van der Waals surface area contributed by atoms with Gasteiger partial charge in [-0.3, -0.25) is 9.97 Å². The van der Waals surface area contributed by atoms with E-state index in [4.69, 9.17) is 4.74 Å². The van der Waals surface area contributed by atoms with Crippen molar-refractivity contribution in [1.82, 2.24) is 35.5 Å². The van der Waals surface area contributed by atoms with Crippen LogP contribution in [0.2, 0.25) is 0 Å². The summed E-state index contributed by atoms with van der Waals surface area (Å²) in [6, 6.07) is 7.36. The first-order valence-electron chi connectivity index (χ1n) is 9.51. The molecule has 9 nitrogen and oxygen atoms in total. The number of hydrogen-bond donors (Lipinski definition) is 1. The SMILES string of the molecule is Cc1nnnn1-c1cc(OC(=O)NC(C)c2cnccn2)cc(-c2ccc(F)cc2F)c1. The van der Waals surface area contributed by atoms with Gasteiger partial charge in [0.1, 0.15) is 17.4 Å². The maximum absolute atomic E-state index is 14.4. The Bertz CT molecular complexity index is 1260. The van der Waals surface area contributed by atoms with E-state index in [2.05, 4.69) is 30.8 Å². The molecule has 162 valence electrons. The Morgan fingerprint density at radius 2 is 2.00 bits per heavy atom. The van der Waals surface area contributed by atoms with E-state index in [0.29, 0.717) is 22.8 Å². The summed E-state index contributed by atoms with van der Waals surface area (Å²) in [6.07, 6.45) is 3.82. The van der Waals surface area contributed by atoms with Crippen molar-refractivity contribution in [3.05, 3.63) is 78.1 Å². The van der Waals surface area contributed by atoms with Gasteiger partial charge in [0.2, 0.25) is 0 Å². The van der Waals surface area contributed by atoms with E-state index in [0.717, 1.165) is 12.1 Å². The number of tetrazole rings is 1. The molecule has 0 radical (unpaired) electrons. The second-order valence-electron chi connectivity index (χ2n) is 6.86. The Hall–Kier alpha value is -4.28. The molecule has 1 N–H and O–H groups in total. The van der Waals surface area contributed by atoms with Gasteiger partial charge in [-0.15, -0.1) is 5.10 Å². The summed E-state index contributed by atoms with van der Waals surface area (Å²) >= 11 is 0. The third-order valence-corrected chi connectivity index (χ3v) is 4.58. The Balaban J connectivity index is 1.66. The van der Waals surface area contributed by atoms with Gasteiger partial charge in [-0.25, -0.2) is 13.6 Å². The van der Waals surface area contributed by atoms with Crippen molar-refractivity contribution in [2.75, 3.05) is 0 Å². The molecule has 1 amide bonds. The molecule has 0 aliphatic carbocycles. The first-order chi connectivity index (χ1) is 15.4. The van der Waals surface area contributed by atoms with E-state index in [1.807, 2.05) is 0 Å². The zero-order valence-electron chi connectivity index (χ0n) is 17.0. The predicted molar refractivity (Wildman–Crippen MR) is 109 cm³/mol. The molecule has 0 aliphatic heterocycles. The minimum atomic E-state index is -0.762. The van der Waals surface area contributed by atoms with Crippen molar-refractivity contribution in [2.24, 2.45) is 0 Å². The maximum Gasteiger partial charge on any atom is 0.413 e. The summed E-state index contributed by atoms with van der Waals surface area (Å²) in [4.78, 5) is 20.6. The summed E-state index contributed by atoms with van der Waals surface area (Å²) in [5.41, 5.74) is 1.45. The summed E-state index contributed by atoms with van der Waals surface area (Å²) in [5, 5.41) is 14.0. The van der Waals surface area contributed by atoms with Crippen LogP contribution in [0.5, 0.6) is 5.75 Å². The highest BCUT2D eigenvalue weighted by Gasteiger charge is 2.16. The van der Waals surface area contributed by atoms with E-state index in [1.165, 1.54) is 41.5 Å². The number of halogens is 2. The lowest BCUT2D eigenvalue weighted by Gasteiger charge is -2.14. The molecule has 32 heavy (non-hydrogen) atoms. The second kappa shape index (κ2) is 8.84.